The zero-order chi connectivity index (χ0) is 24.1. The van der Waals surface area contributed by atoms with Gasteiger partial charge in [-0.3, -0.25) is 9.59 Å². The molecule has 0 saturated heterocycles. The van der Waals surface area contributed by atoms with E-state index in [1.165, 1.54) is 30.3 Å². The van der Waals surface area contributed by atoms with Crippen molar-refractivity contribution in [1.82, 2.24) is 0 Å². The highest BCUT2D eigenvalue weighted by Gasteiger charge is 2.57. The molecular weight excluding hydrogens is 447 g/mol. The Morgan fingerprint density at radius 1 is 1.22 bits per heavy atom. The lowest BCUT2D eigenvalue weighted by Gasteiger charge is -2.32. The second kappa shape index (κ2) is 7.70. The molecule has 2 atom stereocenters. The van der Waals surface area contributed by atoms with Crippen molar-refractivity contribution in [2.24, 2.45) is 10.6 Å². The standard InChI is InChI=1S/C22H22F3NO5S/c1-4-20(3)19(28)17(14-9-11-21(12-10-14,13(2)27)22(23,24)25)18(31-20)15-5-7-16(8-6-15)32(26,29)30/h5-11H,4,12H2,1-3H3,(H2,26,29,30). The molecule has 0 amide bonds. The largest absolute Gasteiger partial charge is 0.478 e. The van der Waals surface area contributed by atoms with Crippen LogP contribution in [0.5, 0.6) is 0 Å². The van der Waals surface area contributed by atoms with Gasteiger partial charge < -0.3 is 4.74 Å². The number of Topliss-reactive ketones (excluding diaryl/α,β-unsaturated/α-hetero) is 2. The van der Waals surface area contributed by atoms with Crippen molar-refractivity contribution in [3.8, 4) is 0 Å². The number of hydrogen-bond donors (Lipinski definition) is 1. The highest BCUT2D eigenvalue weighted by molar-refractivity contribution is 7.89. The highest BCUT2D eigenvalue weighted by atomic mass is 32.2. The van der Waals surface area contributed by atoms with Crippen LogP contribution < -0.4 is 5.14 Å². The third-order valence-corrected chi connectivity index (χ3v) is 6.92. The molecule has 0 saturated carbocycles. The molecule has 2 N–H and O–H groups in total. The number of primary sulfonamides is 1. The molecule has 1 aromatic rings. The lowest BCUT2D eigenvalue weighted by Crippen LogP contribution is -2.43. The summed E-state index contributed by atoms with van der Waals surface area (Å²) in [5.41, 5.74) is -3.24. The first-order valence-electron chi connectivity index (χ1n) is 9.75. The summed E-state index contributed by atoms with van der Waals surface area (Å²) in [7, 11) is -3.94. The van der Waals surface area contributed by atoms with E-state index >= 15 is 0 Å². The van der Waals surface area contributed by atoms with Crippen LogP contribution in [0, 0.1) is 5.41 Å². The van der Waals surface area contributed by atoms with Crippen molar-refractivity contribution in [3.63, 3.8) is 0 Å². The van der Waals surface area contributed by atoms with Crippen LogP contribution in [0.15, 0.2) is 58.5 Å². The fourth-order valence-electron chi connectivity index (χ4n) is 3.68. The van der Waals surface area contributed by atoms with Gasteiger partial charge in [-0.05, 0) is 56.5 Å². The molecule has 1 heterocycles. The number of sulfonamides is 1. The fraction of sp³-hybridized carbons (Fsp3) is 0.364. The van der Waals surface area contributed by atoms with Crippen LogP contribution in [0.4, 0.5) is 13.2 Å². The van der Waals surface area contributed by atoms with Gasteiger partial charge in [0.15, 0.2) is 5.60 Å². The number of ether oxygens (including phenoxy) is 1. The molecule has 6 nitrogen and oxygen atoms in total. The van der Waals surface area contributed by atoms with Crippen molar-refractivity contribution in [2.75, 3.05) is 0 Å². The van der Waals surface area contributed by atoms with Gasteiger partial charge >= 0.3 is 6.18 Å². The highest BCUT2D eigenvalue weighted by Crippen LogP contribution is 2.48. The number of halogens is 3. The monoisotopic (exact) mass is 469 g/mol. The second-order valence-corrected chi connectivity index (χ2v) is 9.57. The molecule has 32 heavy (non-hydrogen) atoms. The molecule has 1 aromatic carbocycles. The molecule has 1 aliphatic carbocycles. The topological polar surface area (TPSA) is 104 Å². The van der Waals surface area contributed by atoms with E-state index in [1.54, 1.807) is 13.8 Å². The van der Waals surface area contributed by atoms with Crippen molar-refractivity contribution >= 4 is 27.3 Å². The predicted octanol–water partition coefficient (Wildman–Crippen LogP) is 3.84. The summed E-state index contributed by atoms with van der Waals surface area (Å²) in [5.74, 6) is -1.33. The van der Waals surface area contributed by atoms with E-state index in [9.17, 15) is 31.2 Å². The molecule has 172 valence electrons. The zero-order valence-corrected chi connectivity index (χ0v) is 18.4. The molecule has 1 aliphatic heterocycles. The summed E-state index contributed by atoms with van der Waals surface area (Å²) in [6, 6.07) is 5.32. The number of hydrogen-bond acceptors (Lipinski definition) is 5. The maximum absolute atomic E-state index is 13.6. The van der Waals surface area contributed by atoms with Crippen molar-refractivity contribution in [3.05, 3.63) is 59.2 Å². The summed E-state index contributed by atoms with van der Waals surface area (Å²) in [5, 5.41) is 5.11. The number of ketones is 2. The van der Waals surface area contributed by atoms with Crippen LogP contribution in [-0.4, -0.2) is 31.8 Å². The van der Waals surface area contributed by atoms with Gasteiger partial charge in [-0.2, -0.15) is 13.2 Å². The number of allylic oxidation sites excluding steroid dienone is 4. The van der Waals surface area contributed by atoms with E-state index in [-0.39, 0.29) is 21.8 Å². The minimum Gasteiger partial charge on any atom is -0.478 e. The maximum Gasteiger partial charge on any atom is 0.404 e. The zero-order valence-electron chi connectivity index (χ0n) is 17.6. The summed E-state index contributed by atoms with van der Waals surface area (Å²) < 4.78 is 69.8. The van der Waals surface area contributed by atoms with Gasteiger partial charge in [0.1, 0.15) is 17.0 Å². The van der Waals surface area contributed by atoms with Crippen LogP contribution in [0.1, 0.15) is 39.2 Å². The molecule has 3 rings (SSSR count). The number of carbonyl (C=O) groups excluding carboxylic acids is 2. The Hall–Kier alpha value is -2.72. The van der Waals surface area contributed by atoms with E-state index < -0.39 is 45.2 Å². The van der Waals surface area contributed by atoms with E-state index in [1.807, 2.05) is 0 Å². The summed E-state index contributed by atoms with van der Waals surface area (Å²) in [4.78, 5) is 24.9. The lowest BCUT2D eigenvalue weighted by molar-refractivity contribution is -0.204. The minimum atomic E-state index is -4.79. The van der Waals surface area contributed by atoms with Crippen molar-refractivity contribution < 1.29 is 35.9 Å². The lowest BCUT2D eigenvalue weighted by atomic mass is 9.74. The Balaban J connectivity index is 2.12. The van der Waals surface area contributed by atoms with Crippen LogP contribution >= 0.6 is 0 Å². The Kier molecular flexibility index (Phi) is 5.76. The summed E-state index contributed by atoms with van der Waals surface area (Å²) >= 11 is 0. The van der Waals surface area contributed by atoms with Crippen molar-refractivity contribution in [2.45, 2.75) is 50.3 Å². The van der Waals surface area contributed by atoms with Crippen molar-refractivity contribution in [1.29, 1.82) is 0 Å². The predicted molar refractivity (Wildman–Crippen MR) is 111 cm³/mol. The van der Waals surface area contributed by atoms with Crippen LogP contribution in [0.2, 0.25) is 0 Å². The first-order chi connectivity index (χ1) is 14.7. The third-order valence-electron chi connectivity index (χ3n) is 6.00. The maximum atomic E-state index is 13.6. The number of benzene rings is 1. The van der Waals surface area contributed by atoms with E-state index in [4.69, 9.17) is 9.88 Å². The SMILES string of the molecule is CCC1(C)OC(c2ccc(S(N)(=O)=O)cc2)=C(C2=CCC(C(C)=O)(C(F)(F)F)C=C2)C1=O. The molecule has 10 heteroatoms. The van der Waals surface area contributed by atoms with Gasteiger partial charge in [0.05, 0.1) is 10.5 Å². The fourth-order valence-corrected chi connectivity index (χ4v) is 4.20. The Labute approximate surface area is 183 Å². The Morgan fingerprint density at radius 2 is 1.81 bits per heavy atom. The van der Waals surface area contributed by atoms with Gasteiger partial charge in [-0.15, -0.1) is 0 Å². The van der Waals surface area contributed by atoms with Gasteiger partial charge in [0, 0.05) is 5.56 Å². The van der Waals surface area contributed by atoms with E-state index in [0.717, 1.165) is 19.1 Å². The molecule has 0 spiro atoms. The number of carbonyl (C=O) groups is 2. The average Bonchev–Trinajstić information content (AvgIpc) is 2.98. The van der Waals surface area contributed by atoms with Gasteiger partial charge in [-0.1, -0.05) is 25.2 Å². The van der Waals surface area contributed by atoms with Gasteiger partial charge in [-0.25, -0.2) is 13.6 Å². The Morgan fingerprint density at radius 3 is 2.22 bits per heavy atom. The molecule has 2 aliphatic rings. The number of alkyl halides is 3. The van der Waals surface area contributed by atoms with Crippen LogP contribution in [0.25, 0.3) is 5.76 Å². The van der Waals surface area contributed by atoms with E-state index in [0.29, 0.717) is 12.0 Å². The quantitative estimate of drug-likeness (QED) is 0.706. The molecular formula is C22H22F3NO5S. The molecule has 0 bridgehead atoms. The molecule has 2 unspecified atom stereocenters. The average molecular weight is 469 g/mol. The van der Waals surface area contributed by atoms with E-state index in [2.05, 4.69) is 0 Å². The minimum absolute atomic E-state index is 0.0771. The summed E-state index contributed by atoms with van der Waals surface area (Å²) in [6.07, 6.45) is -2.01. The number of rotatable bonds is 5. The van der Waals surface area contributed by atoms with Gasteiger partial charge in [0.2, 0.25) is 15.8 Å². The molecule has 0 radical (unpaired) electrons. The molecule has 0 aromatic heterocycles. The number of nitrogens with two attached hydrogens (primary N) is 1. The third kappa shape index (κ3) is 3.81. The first kappa shape index (κ1) is 23.9. The molecule has 0 fully saturated rings. The van der Waals surface area contributed by atoms with Crippen LogP contribution in [-0.2, 0) is 24.3 Å². The second-order valence-electron chi connectivity index (χ2n) is 8.01. The normalized spacial score (nSPS) is 26.2. The van der Waals surface area contributed by atoms with Gasteiger partial charge in [0.25, 0.3) is 0 Å². The summed E-state index contributed by atoms with van der Waals surface area (Å²) in [6.45, 7) is 4.19. The van der Waals surface area contributed by atoms with Crippen LogP contribution in [0.3, 0.4) is 0 Å². The Bertz CT molecular complexity index is 1180. The smallest absolute Gasteiger partial charge is 0.404 e. The first-order valence-corrected chi connectivity index (χ1v) is 11.3.